The van der Waals surface area contributed by atoms with E-state index in [0.29, 0.717) is 43.4 Å². The SMILES string of the molecule is CCCCN1C/C=C\CCC(=O)OC[C@H](c2ccccc2)NC(=O)[C@H]2[C@@H]3O[C@@]4(C=C3Br)[C@@H]2C(=O)N(CCCCCCO)[C@@H]4C1=O. The number of unbranched alkanes of at least 4 members (excludes halogenated alkanes) is 4. The molecular weight excluding hydrogens is 642 g/mol. The number of likely N-dealkylation sites (tertiary alicyclic amines) is 1. The van der Waals surface area contributed by atoms with Crippen molar-refractivity contribution in [2.24, 2.45) is 11.8 Å². The molecule has 0 saturated carbocycles. The molecule has 1 aromatic rings. The minimum absolute atomic E-state index is 0.0524. The van der Waals surface area contributed by atoms with Gasteiger partial charge in [0.15, 0.2) is 0 Å². The molecule has 4 aliphatic heterocycles. The number of esters is 1. The van der Waals surface area contributed by atoms with Gasteiger partial charge in [-0.3, -0.25) is 19.2 Å². The lowest BCUT2D eigenvalue weighted by atomic mass is 9.74. The highest BCUT2D eigenvalue weighted by Crippen LogP contribution is 2.58. The van der Waals surface area contributed by atoms with E-state index in [1.165, 1.54) is 0 Å². The fourth-order valence-electron chi connectivity index (χ4n) is 7.04. The molecule has 5 bridgehead atoms. The first-order valence-corrected chi connectivity index (χ1v) is 17.0. The Labute approximate surface area is 273 Å². The highest BCUT2D eigenvalue weighted by molar-refractivity contribution is 9.11. The number of benzene rings is 1. The highest BCUT2D eigenvalue weighted by atomic mass is 79.9. The van der Waals surface area contributed by atoms with Gasteiger partial charge < -0.3 is 29.7 Å². The lowest BCUT2D eigenvalue weighted by Gasteiger charge is -2.36. The number of aliphatic hydroxyl groups excluding tert-OH is 1. The Kier molecular flexibility index (Phi) is 11.1. The fraction of sp³-hybridized carbons (Fsp3) is 0.588. The Morgan fingerprint density at radius 2 is 1.78 bits per heavy atom. The van der Waals surface area contributed by atoms with Crippen LogP contribution in [0.1, 0.15) is 69.9 Å². The summed E-state index contributed by atoms with van der Waals surface area (Å²) in [5.74, 6) is -3.00. The zero-order valence-corrected chi connectivity index (χ0v) is 27.5. The van der Waals surface area contributed by atoms with Crippen molar-refractivity contribution in [3.8, 4) is 0 Å². The molecule has 3 amide bonds. The lowest BCUT2D eigenvalue weighted by molar-refractivity contribution is -0.148. The molecule has 1 spiro atoms. The van der Waals surface area contributed by atoms with Crippen LogP contribution in [-0.2, 0) is 28.7 Å². The molecule has 0 aliphatic carbocycles. The Morgan fingerprint density at radius 3 is 2.53 bits per heavy atom. The molecule has 2 fully saturated rings. The number of nitrogens with zero attached hydrogens (tertiary/aromatic N) is 2. The summed E-state index contributed by atoms with van der Waals surface area (Å²) in [7, 11) is 0. The average molecular weight is 687 g/mol. The van der Waals surface area contributed by atoms with Crippen molar-refractivity contribution in [3.63, 3.8) is 0 Å². The van der Waals surface area contributed by atoms with Crippen molar-refractivity contribution in [3.05, 3.63) is 58.6 Å². The van der Waals surface area contributed by atoms with Crippen molar-refractivity contribution in [1.29, 1.82) is 0 Å². The predicted octanol–water partition coefficient (Wildman–Crippen LogP) is 3.79. The zero-order chi connectivity index (χ0) is 32.0. The molecule has 2 saturated heterocycles. The molecule has 10 nitrogen and oxygen atoms in total. The summed E-state index contributed by atoms with van der Waals surface area (Å²) < 4.78 is 12.9. The number of cyclic esters (lactones) is 1. The van der Waals surface area contributed by atoms with Crippen molar-refractivity contribution in [2.75, 3.05) is 32.8 Å². The van der Waals surface area contributed by atoms with E-state index in [1.54, 1.807) is 9.80 Å². The first-order valence-electron chi connectivity index (χ1n) is 16.2. The van der Waals surface area contributed by atoms with Crippen LogP contribution in [-0.4, -0.2) is 89.2 Å². The van der Waals surface area contributed by atoms with Crippen LogP contribution in [0, 0.1) is 11.8 Å². The van der Waals surface area contributed by atoms with Crippen LogP contribution in [0.2, 0.25) is 0 Å². The molecule has 4 aliphatic rings. The third kappa shape index (κ3) is 6.90. The third-order valence-corrected chi connectivity index (χ3v) is 9.98. The smallest absolute Gasteiger partial charge is 0.306 e. The van der Waals surface area contributed by atoms with Crippen molar-refractivity contribution < 1.29 is 33.8 Å². The summed E-state index contributed by atoms with van der Waals surface area (Å²) in [5.41, 5.74) is -0.520. The maximum Gasteiger partial charge on any atom is 0.306 e. The van der Waals surface area contributed by atoms with Crippen LogP contribution < -0.4 is 5.32 Å². The molecule has 2 N–H and O–H groups in total. The number of allylic oxidation sites excluding steroid dienone is 1. The Hall–Kier alpha value is -3.02. The van der Waals surface area contributed by atoms with Crippen LogP contribution in [0.15, 0.2) is 53.0 Å². The van der Waals surface area contributed by atoms with Gasteiger partial charge in [0.2, 0.25) is 17.7 Å². The van der Waals surface area contributed by atoms with Crippen molar-refractivity contribution in [2.45, 2.75) is 82.1 Å². The standard InChI is InChI=1S/C34H44BrN3O7/c1-2-3-17-37-18-11-7-10-16-26(40)44-22-25(23-14-8-6-9-15-23)36-31(41)27-28-32(42)38(19-12-4-5-13-20-39)30(33(37)43)34(28)21-24(35)29(27)45-34/h6-9,11,14-15,21,25,27-30,39H,2-5,10,12-13,16-20,22H2,1H3,(H,36,41)/b11-7-/t25-,27-,28+,29-,30-,34+/m1/s1. The van der Waals surface area contributed by atoms with Gasteiger partial charge in [-0.05, 0) is 37.3 Å². The van der Waals surface area contributed by atoms with Gasteiger partial charge in [0.25, 0.3) is 0 Å². The number of halogens is 1. The number of carbonyl (C=O) groups is 4. The van der Waals surface area contributed by atoms with E-state index < -0.39 is 35.6 Å². The van der Waals surface area contributed by atoms with E-state index in [-0.39, 0.29) is 43.3 Å². The average Bonchev–Trinajstić information content (AvgIpc) is 3.63. The monoisotopic (exact) mass is 685 g/mol. The molecule has 6 atom stereocenters. The van der Waals surface area contributed by atoms with Crippen LogP contribution >= 0.6 is 15.9 Å². The third-order valence-electron chi connectivity index (χ3n) is 9.30. The molecule has 244 valence electrons. The minimum Gasteiger partial charge on any atom is -0.463 e. The van der Waals surface area contributed by atoms with Crippen LogP contribution in [0.4, 0.5) is 0 Å². The first-order chi connectivity index (χ1) is 21.8. The summed E-state index contributed by atoms with van der Waals surface area (Å²) in [6, 6.07) is 7.74. The van der Waals surface area contributed by atoms with E-state index in [4.69, 9.17) is 9.47 Å². The number of fused-ring (bicyclic) bond motifs is 2. The fourth-order valence-corrected chi connectivity index (χ4v) is 7.78. The number of aliphatic hydroxyl groups is 1. The van der Waals surface area contributed by atoms with Gasteiger partial charge in [-0.2, -0.15) is 0 Å². The summed E-state index contributed by atoms with van der Waals surface area (Å²) in [6.45, 7) is 3.32. The van der Waals surface area contributed by atoms with E-state index in [2.05, 4.69) is 28.2 Å². The van der Waals surface area contributed by atoms with E-state index in [9.17, 15) is 24.3 Å². The normalized spacial score (nSPS) is 31.1. The Bertz CT molecular complexity index is 1300. The van der Waals surface area contributed by atoms with E-state index in [0.717, 1.165) is 31.2 Å². The Morgan fingerprint density at radius 1 is 1.00 bits per heavy atom. The summed E-state index contributed by atoms with van der Waals surface area (Å²) in [4.78, 5) is 59.2. The second-order valence-corrected chi connectivity index (χ2v) is 13.2. The van der Waals surface area contributed by atoms with Gasteiger partial charge in [0.1, 0.15) is 24.4 Å². The van der Waals surface area contributed by atoms with E-state index in [1.807, 2.05) is 48.6 Å². The van der Waals surface area contributed by atoms with E-state index >= 15 is 0 Å². The quantitative estimate of drug-likeness (QED) is 0.218. The molecular formula is C34H44BrN3O7. The number of rotatable bonds is 10. The van der Waals surface area contributed by atoms with Crippen molar-refractivity contribution in [1.82, 2.24) is 15.1 Å². The van der Waals surface area contributed by atoms with Gasteiger partial charge in [0, 0.05) is 37.1 Å². The maximum absolute atomic E-state index is 14.6. The number of ether oxygens (including phenoxy) is 2. The second-order valence-electron chi connectivity index (χ2n) is 12.3. The zero-order valence-electron chi connectivity index (χ0n) is 25.9. The van der Waals surface area contributed by atoms with Gasteiger partial charge in [-0.25, -0.2) is 0 Å². The summed E-state index contributed by atoms with van der Waals surface area (Å²) in [6.07, 6.45) is 10.2. The van der Waals surface area contributed by atoms with Crippen LogP contribution in [0.25, 0.3) is 0 Å². The Balaban J connectivity index is 1.53. The van der Waals surface area contributed by atoms with Crippen LogP contribution in [0.3, 0.4) is 0 Å². The lowest BCUT2D eigenvalue weighted by Crippen LogP contribution is -2.56. The van der Waals surface area contributed by atoms with Gasteiger partial charge >= 0.3 is 5.97 Å². The highest BCUT2D eigenvalue weighted by Gasteiger charge is 2.74. The minimum atomic E-state index is -1.29. The first kappa shape index (κ1) is 33.3. The number of hydrogen-bond donors (Lipinski definition) is 2. The molecule has 1 aromatic carbocycles. The molecule has 0 aromatic heterocycles. The molecule has 0 radical (unpaired) electrons. The number of hydrogen-bond acceptors (Lipinski definition) is 7. The van der Waals surface area contributed by atoms with Gasteiger partial charge in [-0.15, -0.1) is 0 Å². The molecule has 0 unspecified atom stereocenters. The topological polar surface area (TPSA) is 125 Å². The number of carbonyl (C=O) groups excluding carboxylic acids is 4. The molecule has 11 heteroatoms. The largest absolute Gasteiger partial charge is 0.463 e. The van der Waals surface area contributed by atoms with Crippen LogP contribution in [0.5, 0.6) is 0 Å². The predicted molar refractivity (Wildman–Crippen MR) is 171 cm³/mol. The second kappa shape index (κ2) is 15.0. The van der Waals surface area contributed by atoms with Gasteiger partial charge in [0.05, 0.1) is 17.9 Å². The van der Waals surface area contributed by atoms with Gasteiger partial charge in [-0.1, -0.05) is 84.6 Å². The molecule has 5 rings (SSSR count). The summed E-state index contributed by atoms with van der Waals surface area (Å²) >= 11 is 3.62. The van der Waals surface area contributed by atoms with Crippen molar-refractivity contribution >= 4 is 39.6 Å². The molecule has 45 heavy (non-hydrogen) atoms. The number of nitrogens with one attached hydrogen (secondary N) is 1. The summed E-state index contributed by atoms with van der Waals surface area (Å²) in [5, 5.41) is 12.3. The maximum atomic E-state index is 14.6. The molecule has 4 heterocycles. The number of amides is 3.